The van der Waals surface area contributed by atoms with Gasteiger partial charge in [0, 0.05) is 5.92 Å². The number of aryl methyl sites for hydroxylation is 2. The van der Waals surface area contributed by atoms with E-state index < -0.39 is 5.41 Å². The van der Waals surface area contributed by atoms with Crippen LogP contribution in [-0.4, -0.2) is 0 Å². The summed E-state index contributed by atoms with van der Waals surface area (Å²) in [5.74, 6) is 0.111. The molecule has 2 aliphatic carbocycles. The fourth-order valence-corrected chi connectivity index (χ4v) is 9.83. The minimum absolute atomic E-state index is 0.111. The van der Waals surface area contributed by atoms with Crippen LogP contribution in [0.5, 0.6) is 0 Å². The van der Waals surface area contributed by atoms with Gasteiger partial charge in [0.05, 0.1) is 5.41 Å². The number of hydrogen-bond acceptors (Lipinski definition) is 0. The molecule has 0 atom stereocenters. The number of benzene rings is 9. The molecule has 244 valence electrons. The molecule has 0 amide bonds. The van der Waals surface area contributed by atoms with Gasteiger partial charge in [-0.05, 0) is 126 Å². The van der Waals surface area contributed by atoms with Crippen LogP contribution in [0.3, 0.4) is 0 Å². The molecule has 9 aromatic carbocycles. The van der Waals surface area contributed by atoms with Crippen LogP contribution in [0.2, 0.25) is 0 Å². The Morgan fingerprint density at radius 2 is 0.712 bits per heavy atom. The first-order valence-corrected chi connectivity index (χ1v) is 18.5. The summed E-state index contributed by atoms with van der Waals surface area (Å²) < 4.78 is 0. The topological polar surface area (TPSA) is 0 Å². The Morgan fingerprint density at radius 1 is 0.308 bits per heavy atom. The van der Waals surface area contributed by atoms with E-state index in [0.717, 1.165) is 0 Å². The van der Waals surface area contributed by atoms with Crippen molar-refractivity contribution in [3.05, 3.63) is 226 Å². The molecule has 0 aromatic heterocycles. The molecule has 0 fully saturated rings. The second-order valence-electron chi connectivity index (χ2n) is 14.9. The molecule has 0 radical (unpaired) electrons. The molecule has 2 aliphatic rings. The number of fused-ring (bicyclic) bond motifs is 16. The van der Waals surface area contributed by atoms with Crippen molar-refractivity contribution in [1.29, 1.82) is 0 Å². The Balaban J connectivity index is 1.28. The third-order valence-corrected chi connectivity index (χ3v) is 12.1. The number of hydrogen-bond donors (Lipinski definition) is 0. The maximum Gasteiger partial charge on any atom is 0.0725 e. The molecule has 0 heteroatoms. The first kappa shape index (κ1) is 29.5. The normalized spacial score (nSPS) is 13.5. The molecule has 0 saturated carbocycles. The van der Waals surface area contributed by atoms with E-state index in [1.165, 1.54) is 105 Å². The van der Waals surface area contributed by atoms with Crippen LogP contribution in [0.15, 0.2) is 176 Å². The van der Waals surface area contributed by atoms with Gasteiger partial charge in [0.2, 0.25) is 0 Å². The first-order chi connectivity index (χ1) is 25.6. The van der Waals surface area contributed by atoms with Crippen molar-refractivity contribution in [2.24, 2.45) is 0 Å². The molecular formula is C52H36. The van der Waals surface area contributed by atoms with E-state index in [9.17, 15) is 0 Å². The first-order valence-electron chi connectivity index (χ1n) is 18.5. The molecule has 0 heterocycles. The van der Waals surface area contributed by atoms with Gasteiger partial charge in [-0.2, -0.15) is 0 Å². The molecule has 0 nitrogen and oxygen atoms in total. The monoisotopic (exact) mass is 660 g/mol. The van der Waals surface area contributed by atoms with Crippen LogP contribution in [-0.2, 0) is 5.41 Å². The minimum Gasteiger partial charge on any atom is -0.0619 e. The Labute approximate surface area is 304 Å². The summed E-state index contributed by atoms with van der Waals surface area (Å²) in [5, 5.41) is 7.87. The average molecular weight is 661 g/mol. The van der Waals surface area contributed by atoms with Crippen molar-refractivity contribution in [3.63, 3.8) is 0 Å². The summed E-state index contributed by atoms with van der Waals surface area (Å²) in [4.78, 5) is 0. The van der Waals surface area contributed by atoms with Crippen LogP contribution in [0.1, 0.15) is 56.0 Å². The highest BCUT2D eigenvalue weighted by Gasteiger charge is 2.52. The number of rotatable bonds is 3. The maximum absolute atomic E-state index is 2.56. The van der Waals surface area contributed by atoms with Crippen LogP contribution in [0.25, 0.3) is 54.6 Å². The maximum atomic E-state index is 2.56. The van der Waals surface area contributed by atoms with Gasteiger partial charge in [0.25, 0.3) is 0 Å². The van der Waals surface area contributed by atoms with Crippen molar-refractivity contribution in [2.75, 3.05) is 0 Å². The van der Waals surface area contributed by atoms with Gasteiger partial charge < -0.3 is 0 Å². The van der Waals surface area contributed by atoms with Crippen molar-refractivity contribution in [3.8, 4) is 22.3 Å². The van der Waals surface area contributed by atoms with Gasteiger partial charge in [0.15, 0.2) is 0 Å². The molecule has 0 aliphatic heterocycles. The van der Waals surface area contributed by atoms with E-state index in [4.69, 9.17) is 0 Å². The molecule has 0 saturated heterocycles. The van der Waals surface area contributed by atoms with Crippen LogP contribution in [0.4, 0.5) is 0 Å². The molecule has 0 N–H and O–H groups in total. The van der Waals surface area contributed by atoms with Crippen molar-refractivity contribution < 1.29 is 0 Å². The van der Waals surface area contributed by atoms with E-state index >= 15 is 0 Å². The lowest BCUT2D eigenvalue weighted by molar-refractivity contribution is 0.794. The smallest absolute Gasteiger partial charge is 0.0619 e. The van der Waals surface area contributed by atoms with Gasteiger partial charge in [-0.3, -0.25) is 0 Å². The SMILES string of the molecule is Cc1ccc(C(c2ccc(C)cc2)c2ccc3c(c2)-c2cc4c5ccccc5c5ccccc5c4cc2C32c3ccccc3-c3ccccc32)cc1. The van der Waals surface area contributed by atoms with Gasteiger partial charge in [0.1, 0.15) is 0 Å². The van der Waals surface area contributed by atoms with Crippen molar-refractivity contribution >= 4 is 32.3 Å². The highest BCUT2D eigenvalue weighted by molar-refractivity contribution is 6.26. The van der Waals surface area contributed by atoms with Gasteiger partial charge in [-0.15, -0.1) is 0 Å². The Morgan fingerprint density at radius 3 is 1.25 bits per heavy atom. The van der Waals surface area contributed by atoms with Gasteiger partial charge >= 0.3 is 0 Å². The fraction of sp³-hybridized carbons (Fsp3) is 0.0769. The van der Waals surface area contributed by atoms with E-state index in [1.54, 1.807) is 0 Å². The van der Waals surface area contributed by atoms with Crippen molar-refractivity contribution in [2.45, 2.75) is 25.2 Å². The highest BCUT2D eigenvalue weighted by atomic mass is 14.5. The van der Waals surface area contributed by atoms with E-state index in [1.807, 2.05) is 0 Å². The zero-order valence-electron chi connectivity index (χ0n) is 29.3. The molecule has 52 heavy (non-hydrogen) atoms. The Kier molecular flexibility index (Phi) is 6.17. The average Bonchev–Trinajstić information content (AvgIpc) is 3.65. The zero-order valence-corrected chi connectivity index (χ0v) is 29.3. The lowest BCUT2D eigenvalue weighted by atomic mass is 9.70. The molecule has 1 spiro atoms. The second-order valence-corrected chi connectivity index (χ2v) is 14.9. The van der Waals surface area contributed by atoms with E-state index in [-0.39, 0.29) is 5.92 Å². The van der Waals surface area contributed by atoms with Gasteiger partial charge in [-0.25, -0.2) is 0 Å². The van der Waals surface area contributed by atoms with Crippen molar-refractivity contribution in [1.82, 2.24) is 0 Å². The molecule has 0 bridgehead atoms. The largest absolute Gasteiger partial charge is 0.0725 e. The summed E-state index contributed by atoms with van der Waals surface area (Å²) >= 11 is 0. The van der Waals surface area contributed by atoms with Crippen LogP contribution in [0, 0.1) is 13.8 Å². The Hall–Kier alpha value is -6.24. The molecular weight excluding hydrogens is 625 g/mol. The standard InChI is InChI=1S/C52H36/c1-32-19-23-34(24-20-32)51(35-25-21-33(2)22-26-35)36-27-28-49-45(29-36)46-30-43-39-13-5-3-11-37(39)38-12-4-6-14-40(38)44(43)31-50(46)52(49)47-17-9-7-15-41(47)42-16-8-10-18-48(42)52/h3-31,51H,1-2H3. The second kappa shape index (κ2) is 10.9. The van der Waals surface area contributed by atoms with Gasteiger partial charge in [-0.1, -0.05) is 169 Å². The quantitative estimate of drug-likeness (QED) is 0.131. The molecule has 11 rings (SSSR count). The van der Waals surface area contributed by atoms with Crippen LogP contribution >= 0.6 is 0 Å². The van der Waals surface area contributed by atoms with E-state index in [0.29, 0.717) is 0 Å². The highest BCUT2D eigenvalue weighted by Crippen LogP contribution is 2.64. The lowest BCUT2D eigenvalue weighted by Gasteiger charge is -2.31. The minimum atomic E-state index is -0.416. The summed E-state index contributed by atoms with van der Waals surface area (Å²) in [6.45, 7) is 4.34. The fourth-order valence-electron chi connectivity index (χ4n) is 9.83. The predicted octanol–water partition coefficient (Wildman–Crippen LogP) is 13.3. The molecule has 9 aromatic rings. The van der Waals surface area contributed by atoms with E-state index in [2.05, 4.69) is 190 Å². The zero-order chi connectivity index (χ0) is 34.6. The lowest BCUT2D eigenvalue weighted by Crippen LogP contribution is -2.25. The molecule has 0 unspecified atom stereocenters. The summed E-state index contributed by atoms with van der Waals surface area (Å²) in [5.41, 5.74) is 16.9. The third-order valence-electron chi connectivity index (χ3n) is 12.1. The Bertz CT molecular complexity index is 2820. The summed E-state index contributed by atoms with van der Waals surface area (Å²) in [7, 11) is 0. The predicted molar refractivity (Wildman–Crippen MR) is 219 cm³/mol. The summed E-state index contributed by atoms with van der Waals surface area (Å²) in [6, 6.07) is 67.0. The summed E-state index contributed by atoms with van der Waals surface area (Å²) in [6.07, 6.45) is 0. The van der Waals surface area contributed by atoms with Crippen LogP contribution < -0.4 is 0 Å². The third kappa shape index (κ3) is 3.93.